The van der Waals surface area contributed by atoms with Crippen LogP contribution in [0.5, 0.6) is 5.75 Å². The molecule has 0 unspecified atom stereocenters. The number of carbonyl (C=O) groups is 1. The summed E-state index contributed by atoms with van der Waals surface area (Å²) >= 11 is 0. The van der Waals surface area contributed by atoms with Crippen LogP contribution in [-0.4, -0.2) is 43.1 Å². The molecule has 1 amide bonds. The molecule has 1 N–H and O–H groups in total. The quantitative estimate of drug-likeness (QED) is 0.920. The lowest BCUT2D eigenvalue weighted by Gasteiger charge is -2.17. The molecule has 2 aliphatic heterocycles. The van der Waals surface area contributed by atoms with Gasteiger partial charge in [-0.2, -0.15) is 0 Å². The van der Waals surface area contributed by atoms with Crippen LogP contribution in [0.4, 0.5) is 8.78 Å². The van der Waals surface area contributed by atoms with Gasteiger partial charge in [0.1, 0.15) is 5.82 Å². The summed E-state index contributed by atoms with van der Waals surface area (Å²) in [6.45, 7) is 2.20. The zero-order valence-corrected chi connectivity index (χ0v) is 12.2. The topological polar surface area (TPSA) is 41.6 Å². The Hall–Kier alpha value is -1.40. The molecule has 1 aromatic carbocycles. The number of benzene rings is 1. The maximum atomic E-state index is 13.4. The summed E-state index contributed by atoms with van der Waals surface area (Å²) in [7, 11) is 0. The van der Waals surface area contributed by atoms with E-state index in [1.54, 1.807) is 4.90 Å². The molecule has 2 aliphatic rings. The highest BCUT2D eigenvalue weighted by atomic mass is 35.5. The molecule has 2 atom stereocenters. The van der Waals surface area contributed by atoms with Crippen LogP contribution in [0.2, 0.25) is 0 Å². The van der Waals surface area contributed by atoms with Gasteiger partial charge >= 0.3 is 0 Å². The molecule has 1 aromatic rings. The van der Waals surface area contributed by atoms with Crippen LogP contribution in [0, 0.1) is 17.6 Å². The minimum absolute atomic E-state index is 0. The van der Waals surface area contributed by atoms with Gasteiger partial charge in [-0.1, -0.05) is 0 Å². The molecule has 4 nitrogen and oxygen atoms in total. The maximum absolute atomic E-state index is 13.4. The van der Waals surface area contributed by atoms with Gasteiger partial charge < -0.3 is 15.0 Å². The number of hydrogen-bond donors (Lipinski definition) is 1. The summed E-state index contributed by atoms with van der Waals surface area (Å²) in [6, 6.07) is 3.41. The Morgan fingerprint density at radius 2 is 2.19 bits per heavy atom. The van der Waals surface area contributed by atoms with E-state index in [2.05, 4.69) is 5.32 Å². The average Bonchev–Trinajstić information content (AvgIpc) is 2.98. The fourth-order valence-electron chi connectivity index (χ4n) is 2.88. The number of ether oxygens (including phenoxy) is 1. The Bertz CT molecular complexity index is 518. The van der Waals surface area contributed by atoms with Gasteiger partial charge in [0.15, 0.2) is 18.2 Å². The first-order valence-corrected chi connectivity index (χ1v) is 6.72. The largest absolute Gasteiger partial charge is 0.481 e. The summed E-state index contributed by atoms with van der Waals surface area (Å²) in [4.78, 5) is 13.7. The van der Waals surface area contributed by atoms with Crippen molar-refractivity contribution in [3.63, 3.8) is 0 Å². The second-order valence-electron chi connectivity index (χ2n) is 5.27. The van der Waals surface area contributed by atoms with Crippen molar-refractivity contribution in [2.75, 3.05) is 26.2 Å². The van der Waals surface area contributed by atoms with E-state index in [4.69, 9.17) is 4.74 Å². The number of halogens is 3. The standard InChI is InChI=1S/C14H16F2N2O2.ClH/c15-10-1-2-13(11(16)5-10)20-8-14(19)18-6-9-3-4-17-12(9)7-18;/h1-2,5,9,12,17H,3-4,6-8H2;1H/t9-,12+;/m0./s1. The van der Waals surface area contributed by atoms with Crippen LogP contribution in [0.3, 0.4) is 0 Å². The molecule has 116 valence electrons. The van der Waals surface area contributed by atoms with Crippen LogP contribution in [0.1, 0.15) is 6.42 Å². The molecule has 2 fully saturated rings. The summed E-state index contributed by atoms with van der Waals surface area (Å²) in [6.07, 6.45) is 1.09. The molecule has 7 heteroatoms. The number of carbonyl (C=O) groups excluding carboxylic acids is 1. The van der Waals surface area contributed by atoms with Crippen molar-refractivity contribution < 1.29 is 18.3 Å². The van der Waals surface area contributed by atoms with E-state index in [0.29, 0.717) is 18.5 Å². The van der Waals surface area contributed by atoms with Crippen molar-refractivity contribution in [1.82, 2.24) is 10.2 Å². The lowest BCUT2D eigenvalue weighted by atomic mass is 10.1. The Balaban J connectivity index is 0.00000161. The first-order valence-electron chi connectivity index (χ1n) is 6.72. The van der Waals surface area contributed by atoms with Gasteiger partial charge in [-0.25, -0.2) is 8.78 Å². The number of amides is 1. The molecule has 0 aliphatic carbocycles. The fourth-order valence-corrected chi connectivity index (χ4v) is 2.88. The Morgan fingerprint density at radius 3 is 2.90 bits per heavy atom. The van der Waals surface area contributed by atoms with Gasteiger partial charge in [-0.05, 0) is 31.0 Å². The lowest BCUT2D eigenvalue weighted by molar-refractivity contribution is -0.132. The molecule has 2 saturated heterocycles. The van der Waals surface area contributed by atoms with Gasteiger partial charge in [-0.3, -0.25) is 4.79 Å². The normalized spacial score (nSPS) is 23.6. The van der Waals surface area contributed by atoms with Crippen LogP contribution < -0.4 is 10.1 Å². The van der Waals surface area contributed by atoms with Gasteiger partial charge in [-0.15, -0.1) is 12.4 Å². The van der Waals surface area contributed by atoms with Crippen molar-refractivity contribution in [3.05, 3.63) is 29.8 Å². The molecule has 2 heterocycles. The highest BCUT2D eigenvalue weighted by Gasteiger charge is 2.37. The van der Waals surface area contributed by atoms with E-state index in [1.165, 1.54) is 6.07 Å². The third-order valence-corrected chi connectivity index (χ3v) is 3.96. The van der Waals surface area contributed by atoms with Gasteiger partial charge in [0, 0.05) is 25.2 Å². The SMILES string of the molecule is Cl.O=C(COc1ccc(F)cc1F)N1C[C@@H]2CCN[C@@H]2C1. The van der Waals surface area contributed by atoms with E-state index < -0.39 is 11.6 Å². The van der Waals surface area contributed by atoms with Gasteiger partial charge in [0.05, 0.1) is 0 Å². The Kier molecular flexibility index (Phi) is 5.00. The summed E-state index contributed by atoms with van der Waals surface area (Å²) in [5.74, 6) is -1.21. The first kappa shape index (κ1) is 16.0. The number of likely N-dealkylation sites (tertiary alicyclic amines) is 1. The monoisotopic (exact) mass is 318 g/mol. The number of hydrogen-bond acceptors (Lipinski definition) is 3. The van der Waals surface area contributed by atoms with Gasteiger partial charge in [0.2, 0.25) is 0 Å². The zero-order chi connectivity index (χ0) is 14.1. The molecule has 21 heavy (non-hydrogen) atoms. The minimum atomic E-state index is -0.794. The summed E-state index contributed by atoms with van der Waals surface area (Å²) < 4.78 is 31.2. The second-order valence-corrected chi connectivity index (χ2v) is 5.27. The van der Waals surface area contributed by atoms with E-state index in [1.807, 2.05) is 0 Å². The second kappa shape index (κ2) is 6.58. The van der Waals surface area contributed by atoms with E-state index >= 15 is 0 Å². The number of nitrogens with one attached hydrogen (secondary N) is 1. The van der Waals surface area contributed by atoms with Crippen LogP contribution in [0.25, 0.3) is 0 Å². The van der Waals surface area contributed by atoms with Crippen molar-refractivity contribution in [1.29, 1.82) is 0 Å². The average molecular weight is 319 g/mol. The van der Waals surface area contributed by atoms with Crippen molar-refractivity contribution in [2.45, 2.75) is 12.5 Å². The number of fused-ring (bicyclic) bond motifs is 1. The summed E-state index contributed by atoms with van der Waals surface area (Å²) in [5.41, 5.74) is 0. The van der Waals surface area contributed by atoms with Gasteiger partial charge in [0.25, 0.3) is 5.91 Å². The Morgan fingerprint density at radius 1 is 1.38 bits per heavy atom. The third kappa shape index (κ3) is 3.44. The minimum Gasteiger partial charge on any atom is -0.481 e. The van der Waals surface area contributed by atoms with E-state index in [-0.39, 0.29) is 30.7 Å². The molecular weight excluding hydrogens is 302 g/mol. The predicted octanol–water partition coefficient (Wildman–Crippen LogP) is 1.59. The molecular formula is C14H17ClF2N2O2. The molecule has 0 radical (unpaired) electrons. The number of nitrogens with zero attached hydrogens (tertiary/aromatic N) is 1. The summed E-state index contributed by atoms with van der Waals surface area (Å²) in [5, 5.41) is 3.36. The van der Waals surface area contributed by atoms with Crippen molar-refractivity contribution in [3.8, 4) is 5.75 Å². The van der Waals surface area contributed by atoms with Crippen LogP contribution in [0.15, 0.2) is 18.2 Å². The molecule has 3 rings (SSSR count). The third-order valence-electron chi connectivity index (χ3n) is 3.96. The molecule has 0 bridgehead atoms. The van der Waals surface area contributed by atoms with Crippen molar-refractivity contribution >= 4 is 18.3 Å². The first-order chi connectivity index (χ1) is 9.63. The highest BCUT2D eigenvalue weighted by molar-refractivity contribution is 5.85. The zero-order valence-electron chi connectivity index (χ0n) is 11.4. The van der Waals surface area contributed by atoms with E-state index in [0.717, 1.165) is 31.6 Å². The molecule has 0 saturated carbocycles. The molecule has 0 spiro atoms. The highest BCUT2D eigenvalue weighted by Crippen LogP contribution is 2.25. The predicted molar refractivity (Wildman–Crippen MR) is 75.6 cm³/mol. The van der Waals surface area contributed by atoms with E-state index in [9.17, 15) is 13.6 Å². The lowest BCUT2D eigenvalue weighted by Crippen LogP contribution is -2.36. The smallest absolute Gasteiger partial charge is 0.260 e. The molecule has 0 aromatic heterocycles. The fraction of sp³-hybridized carbons (Fsp3) is 0.500. The Labute approximate surface area is 127 Å². The number of rotatable bonds is 3. The maximum Gasteiger partial charge on any atom is 0.260 e. The van der Waals surface area contributed by atoms with Crippen LogP contribution >= 0.6 is 12.4 Å². The van der Waals surface area contributed by atoms with Crippen molar-refractivity contribution in [2.24, 2.45) is 5.92 Å². The van der Waals surface area contributed by atoms with Crippen LogP contribution in [-0.2, 0) is 4.79 Å².